The number of nitrogens with zero attached hydrogens (tertiary/aromatic N) is 3. The number of aryl methyl sites for hydroxylation is 1. The van der Waals surface area contributed by atoms with Crippen molar-refractivity contribution in [2.45, 2.75) is 32.5 Å². The van der Waals surface area contributed by atoms with Gasteiger partial charge in [-0.1, -0.05) is 0 Å². The molecule has 0 radical (unpaired) electrons. The van der Waals surface area contributed by atoms with Crippen LogP contribution in [0.3, 0.4) is 0 Å². The van der Waals surface area contributed by atoms with Gasteiger partial charge in [-0.3, -0.25) is 9.78 Å². The number of alkyl halides is 3. The number of fused-ring (bicyclic) bond motifs is 3. The molecule has 0 saturated carbocycles. The van der Waals surface area contributed by atoms with Crippen LogP contribution in [0.15, 0.2) is 6.20 Å². The van der Waals surface area contributed by atoms with Crippen molar-refractivity contribution < 1.29 is 22.7 Å². The highest BCUT2D eigenvalue weighted by molar-refractivity contribution is 5.92. The van der Waals surface area contributed by atoms with Crippen LogP contribution in [-0.4, -0.2) is 38.7 Å². The molecule has 0 fully saturated rings. The van der Waals surface area contributed by atoms with E-state index in [1.807, 2.05) is 0 Å². The van der Waals surface area contributed by atoms with Gasteiger partial charge < -0.3 is 4.74 Å². The third-order valence-corrected chi connectivity index (χ3v) is 3.45. The van der Waals surface area contributed by atoms with Crippen LogP contribution < -0.4 is 0 Å². The Kier molecular flexibility index (Phi) is 3.42. The molecule has 2 heterocycles. The second-order valence-corrected chi connectivity index (χ2v) is 4.93. The van der Waals surface area contributed by atoms with Crippen molar-refractivity contribution in [3.8, 4) is 11.3 Å². The lowest BCUT2D eigenvalue weighted by molar-refractivity contribution is -0.142. The van der Waals surface area contributed by atoms with Crippen LogP contribution in [0.4, 0.5) is 13.2 Å². The van der Waals surface area contributed by atoms with E-state index in [4.69, 9.17) is 4.74 Å². The monoisotopic (exact) mass is 314 g/mol. The van der Waals surface area contributed by atoms with E-state index in [2.05, 4.69) is 15.3 Å². The molecule has 0 aromatic carbocycles. The van der Waals surface area contributed by atoms with Crippen LogP contribution in [0.25, 0.3) is 11.3 Å². The van der Waals surface area contributed by atoms with Crippen molar-refractivity contribution in [2.75, 3.05) is 6.61 Å². The van der Waals surface area contributed by atoms with Crippen LogP contribution >= 0.6 is 0 Å². The third-order valence-electron chi connectivity index (χ3n) is 3.45. The van der Waals surface area contributed by atoms with Gasteiger partial charge in [0.15, 0.2) is 5.69 Å². The lowest BCUT2D eigenvalue weighted by atomic mass is 9.94. The molecule has 0 aliphatic heterocycles. The first-order chi connectivity index (χ1) is 10.4. The molecule has 0 unspecified atom stereocenters. The highest BCUT2D eigenvalue weighted by Crippen LogP contribution is 2.35. The molecular formula is C13H13F3N4O2. The van der Waals surface area contributed by atoms with Crippen molar-refractivity contribution in [1.82, 2.24) is 20.0 Å². The van der Waals surface area contributed by atoms with Crippen LogP contribution in [0.2, 0.25) is 0 Å². The average molecular weight is 314 g/mol. The van der Waals surface area contributed by atoms with Gasteiger partial charge in [0.1, 0.15) is 6.54 Å². The minimum Gasteiger partial charge on any atom is -0.461 e. The molecule has 1 aliphatic carbocycles. The van der Waals surface area contributed by atoms with Crippen molar-refractivity contribution in [3.63, 3.8) is 0 Å². The SMILES string of the molecule is CCOC(=O)c1nn(CC(F)(F)F)c2c1CCc1[nH]ncc1-2. The zero-order chi connectivity index (χ0) is 15.9. The van der Waals surface area contributed by atoms with E-state index in [9.17, 15) is 18.0 Å². The molecule has 3 rings (SSSR count). The van der Waals surface area contributed by atoms with Crippen molar-refractivity contribution >= 4 is 5.97 Å². The fourth-order valence-electron chi connectivity index (χ4n) is 2.64. The molecule has 9 heteroatoms. The van der Waals surface area contributed by atoms with Crippen LogP contribution in [0.5, 0.6) is 0 Å². The second kappa shape index (κ2) is 5.15. The summed E-state index contributed by atoms with van der Waals surface area (Å²) in [6.07, 6.45) is -2.01. The Morgan fingerprint density at radius 3 is 2.91 bits per heavy atom. The molecule has 2 aromatic rings. The highest BCUT2D eigenvalue weighted by atomic mass is 19.4. The summed E-state index contributed by atoms with van der Waals surface area (Å²) in [4.78, 5) is 11.9. The smallest absolute Gasteiger partial charge is 0.408 e. The molecular weight excluding hydrogens is 301 g/mol. The minimum atomic E-state index is -4.44. The lowest BCUT2D eigenvalue weighted by Crippen LogP contribution is -2.20. The van der Waals surface area contributed by atoms with Gasteiger partial charge in [-0.05, 0) is 19.8 Å². The van der Waals surface area contributed by atoms with E-state index >= 15 is 0 Å². The normalized spacial score (nSPS) is 13.6. The number of rotatable bonds is 3. The number of aromatic amines is 1. The van der Waals surface area contributed by atoms with Gasteiger partial charge >= 0.3 is 12.1 Å². The summed E-state index contributed by atoms with van der Waals surface area (Å²) in [5, 5.41) is 10.5. The molecule has 118 valence electrons. The van der Waals surface area contributed by atoms with Crippen molar-refractivity contribution in [2.24, 2.45) is 0 Å². The van der Waals surface area contributed by atoms with Gasteiger partial charge in [-0.2, -0.15) is 23.4 Å². The van der Waals surface area contributed by atoms with Crippen molar-refractivity contribution in [3.05, 3.63) is 23.1 Å². The molecule has 0 amide bonds. The lowest BCUT2D eigenvalue weighted by Gasteiger charge is -2.15. The summed E-state index contributed by atoms with van der Waals surface area (Å²) < 4.78 is 44.0. The van der Waals surface area contributed by atoms with Crippen molar-refractivity contribution in [1.29, 1.82) is 0 Å². The number of hydrogen-bond acceptors (Lipinski definition) is 4. The number of esters is 1. The van der Waals surface area contributed by atoms with Gasteiger partial charge in [0.2, 0.25) is 0 Å². The highest BCUT2D eigenvalue weighted by Gasteiger charge is 2.35. The van der Waals surface area contributed by atoms with E-state index in [1.54, 1.807) is 6.92 Å². The average Bonchev–Trinajstić information content (AvgIpc) is 3.01. The fraction of sp³-hybridized carbons (Fsp3) is 0.462. The van der Waals surface area contributed by atoms with Gasteiger partial charge in [0.05, 0.1) is 18.5 Å². The second-order valence-electron chi connectivity index (χ2n) is 4.93. The van der Waals surface area contributed by atoms with Gasteiger partial charge in [0.25, 0.3) is 0 Å². The molecule has 0 atom stereocenters. The topological polar surface area (TPSA) is 72.8 Å². The summed E-state index contributed by atoms with van der Waals surface area (Å²) in [5.41, 5.74) is 2.01. The molecule has 1 N–H and O–H groups in total. The number of halogens is 3. The Hall–Kier alpha value is -2.32. The fourth-order valence-corrected chi connectivity index (χ4v) is 2.64. The predicted molar refractivity (Wildman–Crippen MR) is 69.2 cm³/mol. The summed E-state index contributed by atoms with van der Waals surface area (Å²) >= 11 is 0. The molecule has 6 nitrogen and oxygen atoms in total. The largest absolute Gasteiger partial charge is 0.461 e. The Bertz CT molecular complexity index is 717. The van der Waals surface area contributed by atoms with E-state index in [0.717, 1.165) is 10.4 Å². The third kappa shape index (κ3) is 2.46. The van der Waals surface area contributed by atoms with E-state index in [-0.39, 0.29) is 18.0 Å². The van der Waals surface area contributed by atoms with E-state index in [1.165, 1.54) is 6.20 Å². The van der Waals surface area contributed by atoms with E-state index < -0.39 is 18.7 Å². The Morgan fingerprint density at radius 1 is 1.45 bits per heavy atom. The standard InChI is InChI=1S/C13H13F3N4O2/c1-2-22-12(21)10-7-3-4-9-8(5-17-18-9)11(7)20(19-10)6-13(14,15)16/h5H,2-4,6H2,1H3,(H,17,18). The Balaban J connectivity index is 2.13. The first kappa shape index (κ1) is 14.6. The maximum absolute atomic E-state index is 12.8. The van der Waals surface area contributed by atoms with Gasteiger partial charge in [0, 0.05) is 16.8 Å². The number of carbonyl (C=O) groups is 1. The summed E-state index contributed by atoms with van der Waals surface area (Å²) in [6, 6.07) is 0. The molecule has 0 saturated heterocycles. The number of nitrogens with one attached hydrogen (secondary N) is 1. The number of aromatic nitrogens is 4. The Morgan fingerprint density at radius 2 is 2.23 bits per heavy atom. The maximum atomic E-state index is 12.8. The first-order valence-electron chi connectivity index (χ1n) is 6.77. The summed E-state index contributed by atoms with van der Waals surface area (Å²) in [6.45, 7) is 0.501. The molecule has 0 spiro atoms. The molecule has 2 aromatic heterocycles. The maximum Gasteiger partial charge on any atom is 0.408 e. The van der Waals surface area contributed by atoms with Crippen LogP contribution in [-0.2, 0) is 24.1 Å². The van der Waals surface area contributed by atoms with Gasteiger partial charge in [-0.15, -0.1) is 0 Å². The zero-order valence-corrected chi connectivity index (χ0v) is 11.7. The number of carbonyl (C=O) groups excluding carboxylic acids is 1. The van der Waals surface area contributed by atoms with Crippen LogP contribution in [0.1, 0.15) is 28.7 Å². The van der Waals surface area contributed by atoms with E-state index in [0.29, 0.717) is 24.0 Å². The molecule has 1 aliphatic rings. The molecule has 0 bridgehead atoms. The first-order valence-corrected chi connectivity index (χ1v) is 6.77. The summed E-state index contributed by atoms with van der Waals surface area (Å²) in [5.74, 6) is -0.702. The quantitative estimate of drug-likeness (QED) is 0.881. The zero-order valence-electron chi connectivity index (χ0n) is 11.7. The van der Waals surface area contributed by atoms with Crippen LogP contribution in [0, 0.1) is 0 Å². The molecule has 22 heavy (non-hydrogen) atoms. The number of hydrogen-bond donors (Lipinski definition) is 1. The summed E-state index contributed by atoms with van der Waals surface area (Å²) in [7, 11) is 0. The minimum absolute atomic E-state index is 0.0482. The predicted octanol–water partition coefficient (Wildman–Crippen LogP) is 2.11. The number of H-pyrrole nitrogens is 1. The number of ether oxygens (including phenoxy) is 1. The van der Waals surface area contributed by atoms with Gasteiger partial charge in [-0.25, -0.2) is 4.79 Å². The Labute approximate surface area is 123 Å².